The van der Waals surface area contributed by atoms with Gasteiger partial charge in [-0.1, -0.05) is 0 Å². The Labute approximate surface area is 156 Å². The van der Waals surface area contributed by atoms with Crippen molar-refractivity contribution < 1.29 is 54.9 Å². The summed E-state index contributed by atoms with van der Waals surface area (Å²) in [6, 6.07) is 0. The van der Waals surface area contributed by atoms with Crippen molar-refractivity contribution in [2.75, 3.05) is 0 Å². The minimum atomic E-state index is -3.51. The molecule has 10 nitrogen and oxygen atoms in total. The molecule has 142 valence electrons. The van der Waals surface area contributed by atoms with Crippen LogP contribution < -0.4 is 0 Å². The lowest BCUT2D eigenvalue weighted by Crippen LogP contribution is -2.84. The smallest absolute Gasteiger partial charge is 0.257 e. The maximum absolute atomic E-state index is 11.5. The normalized spacial score (nSPS) is 44.6. The fraction of sp³-hybridized carbons (Fsp3) is 0.714. The Balaban J connectivity index is 3.84. The molecule has 0 saturated carbocycles. The molecule has 1 fully saturated rings. The number of alkyl halides is 1. The Hall–Kier alpha value is -1.08. The second-order valence-corrected chi connectivity index (χ2v) is 6.70. The van der Waals surface area contributed by atoms with E-state index in [1.54, 1.807) is 0 Å². The molecule has 0 aliphatic carbocycles. The van der Waals surface area contributed by atoms with Crippen molar-refractivity contribution in [2.24, 2.45) is 0 Å². The Bertz CT molecular complexity index is 721. The van der Waals surface area contributed by atoms with Crippen LogP contribution in [0.2, 0.25) is 0 Å². The topological polar surface area (TPSA) is 179 Å². The van der Waals surface area contributed by atoms with Gasteiger partial charge in [0.05, 0.1) is 6.10 Å². The number of rotatable bonds is 9. The van der Waals surface area contributed by atoms with Gasteiger partial charge in [0.1, 0.15) is 47.8 Å². The van der Waals surface area contributed by atoms with Crippen LogP contribution in [-0.4, -0.2) is 84.3 Å². The van der Waals surface area contributed by atoms with E-state index in [1.165, 1.54) is 0 Å². The molecule has 1 aliphatic rings. The lowest BCUT2D eigenvalue weighted by molar-refractivity contribution is -0.409. The summed E-state index contributed by atoms with van der Waals surface area (Å²) in [4.78, 5) is 45.3. The van der Waals surface area contributed by atoms with Gasteiger partial charge in [-0.3, -0.25) is 0 Å². The van der Waals surface area contributed by atoms with Crippen molar-refractivity contribution in [1.29, 1.82) is 0 Å². The van der Waals surface area contributed by atoms with Crippen molar-refractivity contribution in [3.05, 3.63) is 0 Å². The van der Waals surface area contributed by atoms with Gasteiger partial charge in [0.15, 0.2) is 5.60 Å². The van der Waals surface area contributed by atoms with Crippen LogP contribution in [0.5, 0.6) is 0 Å². The molecule has 6 atom stereocenters. The molecule has 0 aromatic rings. The van der Waals surface area contributed by atoms with Gasteiger partial charge in [-0.15, -0.1) is 0 Å². The predicted molar refractivity (Wildman–Crippen MR) is 82.3 cm³/mol. The van der Waals surface area contributed by atoms with Gasteiger partial charge in [-0.25, -0.2) is 0 Å². The van der Waals surface area contributed by atoms with E-state index >= 15 is 0 Å². The predicted octanol–water partition coefficient (Wildman–Crippen LogP) is -2.66. The highest BCUT2D eigenvalue weighted by Gasteiger charge is 2.76. The highest BCUT2D eigenvalue weighted by molar-refractivity contribution is 9.10. The molecular formula is C14H19BrO10. The summed E-state index contributed by atoms with van der Waals surface area (Å²) in [6.45, 7) is 0. The highest BCUT2D eigenvalue weighted by atomic mass is 79.9. The molecule has 1 saturated heterocycles. The van der Waals surface area contributed by atoms with Crippen molar-refractivity contribution in [2.45, 2.75) is 59.4 Å². The minimum absolute atomic E-state index is 1.07. The van der Waals surface area contributed by atoms with E-state index in [2.05, 4.69) is 15.9 Å². The molecule has 1 heterocycles. The number of ether oxygens (including phenoxy) is 1. The summed E-state index contributed by atoms with van der Waals surface area (Å²) in [5.41, 5.74) is -10.3. The first-order valence-corrected chi connectivity index (χ1v) is 7.65. The molecule has 1 rings (SSSR count). The summed E-state index contributed by atoms with van der Waals surface area (Å²) in [7, 11) is 0. The number of aldehydes is 4. The summed E-state index contributed by atoms with van der Waals surface area (Å²) >= 11 is 2.43. The Morgan fingerprint density at radius 3 is 1.88 bits per heavy atom. The quantitative estimate of drug-likeness (QED) is 0.191. The van der Waals surface area contributed by atoms with Gasteiger partial charge in [0.25, 0.3) is 4.70 Å². The van der Waals surface area contributed by atoms with Gasteiger partial charge in [-0.2, -0.15) is 0 Å². The third-order valence-electron chi connectivity index (χ3n) is 4.30. The van der Waals surface area contributed by atoms with Gasteiger partial charge in [0, 0.05) is 25.7 Å². The maximum Gasteiger partial charge on any atom is 0.257 e. The lowest BCUT2D eigenvalue weighted by atomic mass is 9.61. The van der Waals surface area contributed by atoms with Crippen LogP contribution in [0.3, 0.4) is 0 Å². The third-order valence-corrected chi connectivity index (χ3v) is 5.15. The number of carbonyl (C=O) groups excluding carboxylic acids is 4. The fourth-order valence-electron chi connectivity index (χ4n) is 2.92. The summed E-state index contributed by atoms with van der Waals surface area (Å²) in [5.74, 6) is 0. The summed E-state index contributed by atoms with van der Waals surface area (Å²) in [6.07, 6.45) is -16.5. The van der Waals surface area contributed by atoms with Crippen LogP contribution in [0.25, 0.3) is 0 Å². The minimum Gasteiger partial charge on any atom is -0.390 e. The van der Waals surface area contributed by atoms with Gasteiger partial charge in [-0.05, 0) is 15.9 Å². The number of hydrogen-bond donors (Lipinski definition) is 5. The van der Waals surface area contributed by atoms with E-state index in [0.717, 1.165) is 0 Å². The van der Waals surface area contributed by atoms with Gasteiger partial charge < -0.3 is 49.4 Å². The van der Waals surface area contributed by atoms with Crippen LogP contribution in [0.1, 0.15) is 31.2 Å². The third kappa shape index (κ3) is 3.21. The van der Waals surface area contributed by atoms with Crippen LogP contribution in [-0.2, 0) is 23.9 Å². The van der Waals surface area contributed by atoms with Crippen molar-refractivity contribution >= 4 is 41.0 Å². The first kappa shape index (κ1) is 16.1. The molecule has 0 amide bonds. The first-order valence-electron chi connectivity index (χ1n) is 8.85. The zero-order valence-corrected chi connectivity index (χ0v) is 14.2. The van der Waals surface area contributed by atoms with Crippen LogP contribution in [0.4, 0.5) is 0 Å². The lowest BCUT2D eigenvalue weighted by Gasteiger charge is -2.62. The van der Waals surface area contributed by atoms with Crippen LogP contribution >= 0.6 is 15.9 Å². The SMILES string of the molecule is [2H]C(=O)CC(O)[C@H]1OC(O)(Br)[C@@](O)(CC([2H])=O)[C@](O)(CC([2H])=O)[C@@]1(O)CC([2H])=O. The molecule has 0 aromatic heterocycles. The molecule has 11 heteroatoms. The zero-order valence-electron chi connectivity index (χ0n) is 16.6. The second kappa shape index (κ2) is 7.66. The van der Waals surface area contributed by atoms with Gasteiger partial charge in [0.2, 0.25) is 0 Å². The Morgan fingerprint density at radius 2 is 1.44 bits per heavy atom. The van der Waals surface area contributed by atoms with E-state index < -0.39 is 84.4 Å². The standard InChI is InChI=1S/C14H19BrO10/c15-14(24)13(23,4-8-19)12(22,3-7-18)11(21,2-6-17)10(25-14)9(20)1-5-16/h5-10,20-24H,1-4H2/t9?,10-,11-,12+,13-,14?/m1/s1/i5D,6D,7D,8D. The molecule has 1 aliphatic heterocycles. The molecule has 0 aromatic carbocycles. The molecule has 2 unspecified atom stereocenters. The van der Waals surface area contributed by atoms with E-state index in [1.807, 2.05) is 0 Å². The Kier molecular flexibility index (Phi) is 4.94. The molecule has 5 N–H and O–H groups in total. The highest BCUT2D eigenvalue weighted by Crippen LogP contribution is 2.55. The van der Waals surface area contributed by atoms with Crippen LogP contribution in [0.15, 0.2) is 0 Å². The number of hydrogen-bond acceptors (Lipinski definition) is 10. The average Bonchev–Trinajstić information content (AvgIpc) is 2.47. The summed E-state index contributed by atoms with van der Waals surface area (Å²) in [5, 5.41) is 53.8. The van der Waals surface area contributed by atoms with E-state index in [4.69, 9.17) is 10.2 Å². The zero-order chi connectivity index (χ0) is 23.0. The number of carbonyl (C=O) groups is 4. The molecular weight excluding hydrogens is 408 g/mol. The Morgan fingerprint density at radius 1 is 0.960 bits per heavy atom. The maximum atomic E-state index is 11.5. The molecule has 0 bridgehead atoms. The average molecular weight is 431 g/mol. The summed E-state index contributed by atoms with van der Waals surface area (Å²) < 4.78 is 29.8. The second-order valence-electron chi connectivity index (χ2n) is 5.62. The number of halogens is 1. The largest absolute Gasteiger partial charge is 0.390 e. The molecule has 0 radical (unpaired) electrons. The van der Waals surface area contributed by atoms with Crippen molar-refractivity contribution in [3.63, 3.8) is 0 Å². The van der Waals surface area contributed by atoms with Crippen molar-refractivity contribution in [3.8, 4) is 0 Å². The van der Waals surface area contributed by atoms with E-state index in [9.17, 15) is 44.7 Å². The monoisotopic (exact) mass is 430 g/mol. The molecule has 0 spiro atoms. The molecule has 25 heavy (non-hydrogen) atoms. The number of aliphatic hydroxyl groups excluding tert-OH is 1. The number of aliphatic hydroxyl groups is 5. The van der Waals surface area contributed by atoms with E-state index in [-0.39, 0.29) is 0 Å². The fourth-order valence-corrected chi connectivity index (χ4v) is 3.59. The van der Waals surface area contributed by atoms with E-state index in [0.29, 0.717) is 0 Å². The van der Waals surface area contributed by atoms with Gasteiger partial charge >= 0.3 is 0 Å². The van der Waals surface area contributed by atoms with Crippen molar-refractivity contribution in [1.82, 2.24) is 0 Å². The first-order chi connectivity index (χ1) is 12.9. The van der Waals surface area contributed by atoms with Crippen LogP contribution in [0, 0.1) is 0 Å².